The highest BCUT2D eigenvalue weighted by molar-refractivity contribution is 7.80. The summed E-state index contributed by atoms with van der Waals surface area (Å²) in [7, 11) is 0. The van der Waals surface area contributed by atoms with Crippen LogP contribution in [0, 0.1) is 12.3 Å². The van der Waals surface area contributed by atoms with Gasteiger partial charge in [0.15, 0.2) is 0 Å². The first kappa shape index (κ1) is 19.8. The molecule has 0 fully saturated rings. The molecule has 1 aromatic rings. The third-order valence-corrected chi connectivity index (χ3v) is 2.93. The highest BCUT2D eigenvalue weighted by Crippen LogP contribution is 2.13. The summed E-state index contributed by atoms with van der Waals surface area (Å²) in [5.41, 5.74) is 0. The molecular formula is C17H24O5S. The van der Waals surface area contributed by atoms with Crippen LogP contribution in [0.2, 0.25) is 0 Å². The van der Waals surface area contributed by atoms with Crippen LogP contribution in [0.4, 0.5) is 0 Å². The lowest BCUT2D eigenvalue weighted by atomic mass is 10.3. The Bertz CT molecular complexity index is 430. The van der Waals surface area contributed by atoms with E-state index in [1.807, 2.05) is 24.3 Å². The van der Waals surface area contributed by atoms with Crippen molar-refractivity contribution in [3.8, 4) is 18.1 Å². The first-order valence-electron chi connectivity index (χ1n) is 7.49. The normalized spacial score (nSPS) is 10.4. The molecule has 1 rings (SSSR count). The molecule has 23 heavy (non-hydrogen) atoms. The van der Waals surface area contributed by atoms with E-state index in [0.717, 1.165) is 10.6 Å². The second-order valence-corrected chi connectivity index (χ2v) is 4.95. The maximum Gasteiger partial charge on any atom is 0.119 e. The quantitative estimate of drug-likeness (QED) is 0.319. The fourth-order valence-electron chi connectivity index (χ4n) is 1.55. The third kappa shape index (κ3) is 11.9. The number of hydrogen-bond donors (Lipinski definition) is 1. The molecule has 0 N–H and O–H groups in total. The zero-order chi connectivity index (χ0) is 16.6. The highest BCUT2D eigenvalue weighted by Gasteiger charge is 1.95. The lowest BCUT2D eigenvalue weighted by Gasteiger charge is -2.08. The van der Waals surface area contributed by atoms with Crippen LogP contribution < -0.4 is 4.74 Å². The summed E-state index contributed by atoms with van der Waals surface area (Å²) >= 11 is 4.21. The molecule has 0 unspecified atom stereocenters. The van der Waals surface area contributed by atoms with Crippen molar-refractivity contribution in [3.63, 3.8) is 0 Å². The SMILES string of the molecule is C#CCOCCOCCOCCOCCOc1ccc(S)cc1. The van der Waals surface area contributed by atoms with Gasteiger partial charge in [-0.1, -0.05) is 5.92 Å². The van der Waals surface area contributed by atoms with Crippen LogP contribution in [0.25, 0.3) is 0 Å². The summed E-state index contributed by atoms with van der Waals surface area (Å²) < 4.78 is 26.7. The molecule has 5 nitrogen and oxygen atoms in total. The topological polar surface area (TPSA) is 46.2 Å². The summed E-state index contributed by atoms with van der Waals surface area (Å²) in [6.07, 6.45) is 5.04. The van der Waals surface area contributed by atoms with E-state index in [0.29, 0.717) is 59.5 Å². The third-order valence-electron chi connectivity index (χ3n) is 2.63. The number of ether oxygens (including phenoxy) is 5. The van der Waals surface area contributed by atoms with Crippen LogP contribution in [0.1, 0.15) is 0 Å². The van der Waals surface area contributed by atoms with Crippen LogP contribution in [-0.2, 0) is 18.9 Å². The van der Waals surface area contributed by atoms with Crippen LogP contribution in [-0.4, -0.2) is 59.5 Å². The van der Waals surface area contributed by atoms with Crippen molar-refractivity contribution in [1.82, 2.24) is 0 Å². The van der Waals surface area contributed by atoms with Gasteiger partial charge in [-0.2, -0.15) is 0 Å². The Hall–Kier alpha value is -1.23. The standard InChI is InChI=1S/C17H24O5S/c1-2-7-18-8-9-19-10-11-20-12-13-21-14-15-22-16-3-5-17(23)6-4-16/h1,3-6,23H,7-15H2. The van der Waals surface area contributed by atoms with Gasteiger partial charge in [-0.05, 0) is 24.3 Å². The monoisotopic (exact) mass is 340 g/mol. The van der Waals surface area contributed by atoms with Crippen molar-refractivity contribution >= 4 is 12.6 Å². The number of thiol groups is 1. The molecule has 0 saturated heterocycles. The molecule has 1 aromatic carbocycles. The molecule has 0 aromatic heterocycles. The van der Waals surface area contributed by atoms with Gasteiger partial charge in [-0.15, -0.1) is 19.1 Å². The van der Waals surface area contributed by atoms with Gasteiger partial charge in [0.25, 0.3) is 0 Å². The Morgan fingerprint density at radius 2 is 1.22 bits per heavy atom. The van der Waals surface area contributed by atoms with Gasteiger partial charge in [0.2, 0.25) is 0 Å². The Balaban J connectivity index is 1.78. The molecule has 0 radical (unpaired) electrons. The van der Waals surface area contributed by atoms with E-state index in [-0.39, 0.29) is 0 Å². The van der Waals surface area contributed by atoms with Gasteiger partial charge in [0.1, 0.15) is 19.0 Å². The average Bonchev–Trinajstić information content (AvgIpc) is 2.57. The molecule has 0 aliphatic heterocycles. The zero-order valence-corrected chi connectivity index (χ0v) is 14.1. The van der Waals surface area contributed by atoms with Crippen molar-refractivity contribution in [2.45, 2.75) is 4.90 Å². The van der Waals surface area contributed by atoms with Crippen LogP contribution >= 0.6 is 12.6 Å². The molecule has 128 valence electrons. The molecule has 0 atom stereocenters. The summed E-state index contributed by atoms with van der Waals surface area (Å²) in [4.78, 5) is 0.912. The van der Waals surface area contributed by atoms with Crippen molar-refractivity contribution in [3.05, 3.63) is 24.3 Å². The number of rotatable bonds is 14. The number of terminal acetylenes is 1. The molecule has 0 aliphatic carbocycles. The minimum absolute atomic E-state index is 0.321. The van der Waals surface area contributed by atoms with Gasteiger partial charge >= 0.3 is 0 Å². The minimum atomic E-state index is 0.321. The van der Waals surface area contributed by atoms with E-state index in [9.17, 15) is 0 Å². The van der Waals surface area contributed by atoms with Gasteiger partial charge in [0.05, 0.1) is 46.2 Å². The van der Waals surface area contributed by atoms with Gasteiger partial charge in [0, 0.05) is 4.90 Å². The Kier molecular flexibility index (Phi) is 12.4. The summed E-state index contributed by atoms with van der Waals surface area (Å²) in [5.74, 6) is 3.20. The van der Waals surface area contributed by atoms with E-state index < -0.39 is 0 Å². The molecular weight excluding hydrogens is 316 g/mol. The molecule has 0 aliphatic rings. The van der Waals surface area contributed by atoms with E-state index in [4.69, 9.17) is 30.1 Å². The predicted octanol–water partition coefficient (Wildman–Crippen LogP) is 2.05. The Labute approximate surface area is 143 Å². The van der Waals surface area contributed by atoms with Crippen molar-refractivity contribution < 1.29 is 23.7 Å². The van der Waals surface area contributed by atoms with Crippen molar-refractivity contribution in [2.24, 2.45) is 0 Å². The zero-order valence-electron chi connectivity index (χ0n) is 13.2. The summed E-state index contributed by atoms with van der Waals surface area (Å²) in [6, 6.07) is 7.53. The molecule has 6 heteroatoms. The largest absolute Gasteiger partial charge is 0.491 e. The lowest BCUT2D eigenvalue weighted by molar-refractivity contribution is -0.00187. The number of benzene rings is 1. The van der Waals surface area contributed by atoms with Gasteiger partial charge in [-0.3, -0.25) is 0 Å². The molecule has 0 amide bonds. The minimum Gasteiger partial charge on any atom is -0.491 e. The Morgan fingerprint density at radius 1 is 0.739 bits per heavy atom. The van der Waals surface area contributed by atoms with E-state index in [2.05, 4.69) is 18.5 Å². The average molecular weight is 340 g/mol. The maximum absolute atomic E-state index is 5.52. The van der Waals surface area contributed by atoms with Crippen LogP contribution in [0.15, 0.2) is 29.2 Å². The first-order chi connectivity index (χ1) is 11.3. The predicted molar refractivity (Wildman–Crippen MR) is 91.3 cm³/mol. The van der Waals surface area contributed by atoms with Gasteiger partial charge in [-0.25, -0.2) is 0 Å². The van der Waals surface area contributed by atoms with Gasteiger partial charge < -0.3 is 23.7 Å². The smallest absolute Gasteiger partial charge is 0.119 e. The maximum atomic E-state index is 5.52. The van der Waals surface area contributed by atoms with Crippen molar-refractivity contribution in [1.29, 1.82) is 0 Å². The lowest BCUT2D eigenvalue weighted by Crippen LogP contribution is -2.13. The Morgan fingerprint density at radius 3 is 1.74 bits per heavy atom. The van der Waals surface area contributed by atoms with E-state index >= 15 is 0 Å². The molecule has 0 saturated carbocycles. The summed E-state index contributed by atoms with van der Waals surface area (Å²) in [6.45, 7) is 4.50. The second-order valence-electron chi connectivity index (χ2n) is 4.44. The molecule has 0 spiro atoms. The fraction of sp³-hybridized carbons (Fsp3) is 0.529. The molecule has 0 bridgehead atoms. The second kappa shape index (κ2) is 14.4. The van der Waals surface area contributed by atoms with E-state index in [1.165, 1.54) is 0 Å². The highest BCUT2D eigenvalue weighted by atomic mass is 32.1. The van der Waals surface area contributed by atoms with Crippen LogP contribution in [0.5, 0.6) is 5.75 Å². The van der Waals surface area contributed by atoms with E-state index in [1.54, 1.807) is 0 Å². The molecule has 0 heterocycles. The summed E-state index contributed by atoms with van der Waals surface area (Å²) in [5, 5.41) is 0. The van der Waals surface area contributed by atoms with Crippen LogP contribution in [0.3, 0.4) is 0 Å². The number of hydrogen-bond acceptors (Lipinski definition) is 6. The van der Waals surface area contributed by atoms with Crippen molar-refractivity contribution in [2.75, 3.05) is 59.5 Å². The fourth-order valence-corrected chi connectivity index (χ4v) is 1.70. The first-order valence-corrected chi connectivity index (χ1v) is 7.94.